The average Bonchev–Trinajstić information content (AvgIpc) is 2.61. The topological polar surface area (TPSA) is 34.1 Å². The molecule has 0 spiro atoms. The fourth-order valence-electron chi connectivity index (χ4n) is 1.47. The summed E-state index contributed by atoms with van der Waals surface area (Å²) in [6.07, 6.45) is 2.34. The lowest BCUT2D eigenvalue weighted by atomic mass is 10.2. The molecule has 1 aromatic heterocycles. The van der Waals surface area contributed by atoms with Crippen molar-refractivity contribution in [2.45, 2.75) is 46.2 Å². The van der Waals surface area contributed by atoms with E-state index in [1.807, 2.05) is 6.92 Å². The smallest absolute Gasteiger partial charge is 0.273 e. The molecule has 0 aliphatic heterocycles. The Labute approximate surface area is 95.9 Å². The molecular weight excluding hydrogens is 208 g/mol. The molecule has 0 aromatic carbocycles. The summed E-state index contributed by atoms with van der Waals surface area (Å²) in [6, 6.07) is 0.609. The highest BCUT2D eigenvalue weighted by molar-refractivity contribution is 7.13. The molecule has 1 heterocycles. The van der Waals surface area contributed by atoms with Gasteiger partial charge in [-0.15, -0.1) is 0 Å². The van der Waals surface area contributed by atoms with Gasteiger partial charge in [0.05, 0.1) is 12.8 Å². The van der Waals surface area contributed by atoms with Crippen LogP contribution in [-0.2, 0) is 6.54 Å². The van der Waals surface area contributed by atoms with Crippen LogP contribution >= 0.6 is 11.3 Å². The molecule has 0 bridgehead atoms. The molecule has 86 valence electrons. The van der Waals surface area contributed by atoms with Crippen LogP contribution < -0.4 is 10.1 Å². The lowest BCUT2D eigenvalue weighted by Gasteiger charge is -2.13. The van der Waals surface area contributed by atoms with Gasteiger partial charge in [0, 0.05) is 17.5 Å². The van der Waals surface area contributed by atoms with Gasteiger partial charge in [-0.3, -0.25) is 0 Å². The zero-order chi connectivity index (χ0) is 11.3. The molecule has 0 fully saturated rings. The third-order valence-electron chi connectivity index (χ3n) is 2.58. The van der Waals surface area contributed by atoms with Crippen molar-refractivity contribution in [3.8, 4) is 5.19 Å². The maximum absolute atomic E-state index is 5.11. The van der Waals surface area contributed by atoms with Crippen molar-refractivity contribution in [3.63, 3.8) is 0 Å². The molecule has 1 N–H and O–H groups in total. The van der Waals surface area contributed by atoms with Gasteiger partial charge in [-0.1, -0.05) is 25.2 Å². The summed E-state index contributed by atoms with van der Waals surface area (Å²) in [4.78, 5) is 5.59. The molecular formula is C11H20N2OS. The highest BCUT2D eigenvalue weighted by atomic mass is 32.1. The summed E-state index contributed by atoms with van der Waals surface area (Å²) in [5.41, 5.74) is 1.08. The molecule has 0 atom stereocenters. The quantitative estimate of drug-likeness (QED) is 0.813. The van der Waals surface area contributed by atoms with E-state index >= 15 is 0 Å². The van der Waals surface area contributed by atoms with Gasteiger partial charge in [0.2, 0.25) is 0 Å². The molecule has 4 heteroatoms. The Bertz CT molecular complexity index is 295. The summed E-state index contributed by atoms with van der Waals surface area (Å²) >= 11 is 1.63. The summed E-state index contributed by atoms with van der Waals surface area (Å²) in [6.45, 7) is 7.35. The zero-order valence-corrected chi connectivity index (χ0v) is 10.8. The maximum atomic E-state index is 5.11. The van der Waals surface area contributed by atoms with Gasteiger partial charge in [-0.05, 0) is 19.8 Å². The normalized spacial score (nSPS) is 11.0. The number of nitrogens with one attached hydrogen (secondary N) is 1. The van der Waals surface area contributed by atoms with Gasteiger partial charge in [-0.25, -0.2) is 4.98 Å². The molecule has 0 saturated carbocycles. The van der Waals surface area contributed by atoms with E-state index in [1.54, 1.807) is 18.4 Å². The Hall–Kier alpha value is -0.610. The van der Waals surface area contributed by atoms with Crippen LogP contribution in [0.3, 0.4) is 0 Å². The molecule has 0 amide bonds. The van der Waals surface area contributed by atoms with E-state index in [1.165, 1.54) is 17.7 Å². The fourth-order valence-corrected chi connectivity index (χ4v) is 2.29. The molecule has 1 aromatic rings. The van der Waals surface area contributed by atoms with Crippen LogP contribution in [0.25, 0.3) is 0 Å². The number of ether oxygens (including phenoxy) is 1. The van der Waals surface area contributed by atoms with Crippen LogP contribution in [0.15, 0.2) is 0 Å². The van der Waals surface area contributed by atoms with Crippen LogP contribution in [0, 0.1) is 6.92 Å². The van der Waals surface area contributed by atoms with E-state index in [-0.39, 0.29) is 0 Å². The van der Waals surface area contributed by atoms with Crippen molar-refractivity contribution >= 4 is 11.3 Å². The third-order valence-corrected chi connectivity index (χ3v) is 3.70. The summed E-state index contributed by atoms with van der Waals surface area (Å²) < 4.78 is 5.11. The van der Waals surface area contributed by atoms with E-state index in [0.717, 1.165) is 17.4 Å². The molecule has 1 rings (SSSR count). The standard InChI is InChI=1S/C11H20N2OS/c1-5-9(6-2)12-7-10-8(3)13-11(14-4)15-10/h9,12H,5-7H2,1-4H3. The Kier molecular flexibility index (Phi) is 5.05. The summed E-state index contributed by atoms with van der Waals surface area (Å²) in [5.74, 6) is 0. The Morgan fingerprint density at radius 3 is 2.53 bits per heavy atom. The second-order valence-corrected chi connectivity index (χ2v) is 4.63. The van der Waals surface area contributed by atoms with Gasteiger partial charge in [0.25, 0.3) is 5.19 Å². The van der Waals surface area contributed by atoms with Crippen molar-refractivity contribution in [1.82, 2.24) is 10.3 Å². The van der Waals surface area contributed by atoms with Crippen molar-refractivity contribution < 1.29 is 4.74 Å². The Morgan fingerprint density at radius 2 is 2.07 bits per heavy atom. The number of aryl methyl sites for hydroxylation is 1. The number of hydrogen-bond acceptors (Lipinski definition) is 4. The Balaban J connectivity index is 2.52. The zero-order valence-electron chi connectivity index (χ0n) is 9.96. The number of aromatic nitrogens is 1. The fraction of sp³-hybridized carbons (Fsp3) is 0.727. The number of rotatable bonds is 6. The maximum Gasteiger partial charge on any atom is 0.273 e. The van der Waals surface area contributed by atoms with E-state index in [9.17, 15) is 0 Å². The average molecular weight is 228 g/mol. The van der Waals surface area contributed by atoms with E-state index in [0.29, 0.717) is 6.04 Å². The van der Waals surface area contributed by atoms with Crippen molar-refractivity contribution in [2.75, 3.05) is 7.11 Å². The second kappa shape index (κ2) is 6.08. The minimum Gasteiger partial charge on any atom is -0.473 e. The van der Waals surface area contributed by atoms with Crippen molar-refractivity contribution in [1.29, 1.82) is 0 Å². The van der Waals surface area contributed by atoms with Crippen molar-refractivity contribution in [2.24, 2.45) is 0 Å². The highest BCUT2D eigenvalue weighted by Crippen LogP contribution is 2.24. The number of thiazole rings is 1. The number of hydrogen-bond donors (Lipinski definition) is 1. The molecule has 0 aliphatic carbocycles. The highest BCUT2D eigenvalue weighted by Gasteiger charge is 2.09. The van der Waals surface area contributed by atoms with Gasteiger partial charge < -0.3 is 10.1 Å². The first-order valence-electron chi connectivity index (χ1n) is 5.44. The molecule has 15 heavy (non-hydrogen) atoms. The van der Waals surface area contributed by atoms with Crippen LogP contribution in [0.5, 0.6) is 5.19 Å². The molecule has 0 radical (unpaired) electrons. The molecule has 0 unspecified atom stereocenters. The van der Waals surface area contributed by atoms with Gasteiger partial charge >= 0.3 is 0 Å². The largest absolute Gasteiger partial charge is 0.473 e. The van der Waals surface area contributed by atoms with Gasteiger partial charge in [0.15, 0.2) is 0 Å². The van der Waals surface area contributed by atoms with Crippen molar-refractivity contribution in [3.05, 3.63) is 10.6 Å². The monoisotopic (exact) mass is 228 g/mol. The lowest BCUT2D eigenvalue weighted by molar-refractivity contribution is 0.411. The molecule has 0 aliphatic rings. The van der Waals surface area contributed by atoms with Gasteiger partial charge in [0.1, 0.15) is 0 Å². The summed E-state index contributed by atoms with van der Waals surface area (Å²) in [5, 5.41) is 4.29. The first kappa shape index (κ1) is 12.5. The lowest BCUT2D eigenvalue weighted by Crippen LogP contribution is -2.26. The van der Waals surface area contributed by atoms with E-state index in [2.05, 4.69) is 24.1 Å². The predicted octanol–water partition coefficient (Wildman–Crippen LogP) is 2.74. The van der Waals surface area contributed by atoms with Crippen LogP contribution in [0.4, 0.5) is 0 Å². The summed E-state index contributed by atoms with van der Waals surface area (Å²) in [7, 11) is 1.66. The van der Waals surface area contributed by atoms with Gasteiger partial charge in [-0.2, -0.15) is 0 Å². The first-order chi connectivity index (χ1) is 7.21. The minimum atomic E-state index is 0.609. The second-order valence-electron chi connectivity index (χ2n) is 3.59. The van der Waals surface area contributed by atoms with Crippen LogP contribution in [0.2, 0.25) is 0 Å². The third kappa shape index (κ3) is 3.47. The first-order valence-corrected chi connectivity index (χ1v) is 6.26. The molecule has 0 saturated heterocycles. The minimum absolute atomic E-state index is 0.609. The van der Waals surface area contributed by atoms with E-state index in [4.69, 9.17) is 4.74 Å². The number of nitrogens with zero attached hydrogens (tertiary/aromatic N) is 1. The number of methoxy groups -OCH3 is 1. The molecule has 3 nitrogen and oxygen atoms in total. The van der Waals surface area contributed by atoms with Crippen LogP contribution in [0.1, 0.15) is 37.3 Å². The van der Waals surface area contributed by atoms with E-state index < -0.39 is 0 Å². The SMILES string of the molecule is CCC(CC)NCc1sc(OC)nc1C. The van der Waals surface area contributed by atoms with Crippen LogP contribution in [-0.4, -0.2) is 18.1 Å². The predicted molar refractivity (Wildman–Crippen MR) is 64.6 cm³/mol. The Morgan fingerprint density at radius 1 is 1.40 bits per heavy atom.